The highest BCUT2D eigenvalue weighted by Gasteiger charge is 2.53. The molecule has 2 aromatic rings. The Morgan fingerprint density at radius 3 is 2.70 bits per heavy atom. The van der Waals surface area contributed by atoms with Gasteiger partial charge in [-0.05, 0) is 34.0 Å². The molecule has 0 bridgehead atoms. The fourth-order valence-electron chi connectivity index (χ4n) is 3.94. The van der Waals surface area contributed by atoms with E-state index in [9.17, 15) is 24.9 Å². The largest absolute Gasteiger partial charge is 0.443 e. The number of nitrogens with zero attached hydrogens (tertiary/aromatic N) is 4. The number of carbonyl (C=O) groups is 2. The molecule has 0 aromatic carbocycles. The maximum Gasteiger partial charge on any atom is 0.415 e. The van der Waals surface area contributed by atoms with Crippen LogP contribution in [0.5, 0.6) is 0 Å². The number of ether oxygens (including phenoxy) is 2. The molecule has 0 spiro atoms. The van der Waals surface area contributed by atoms with E-state index in [0.29, 0.717) is 10.5 Å². The van der Waals surface area contributed by atoms with Crippen LogP contribution in [0, 0.1) is 0 Å². The smallest absolute Gasteiger partial charge is 0.415 e. The maximum absolute atomic E-state index is 13.0. The topological polar surface area (TPSA) is 159 Å². The quantitative estimate of drug-likeness (QED) is 0.366. The Morgan fingerprint density at radius 1 is 1.42 bits per heavy atom. The molecule has 2 aromatic heterocycles. The Balaban J connectivity index is 1.94. The number of rotatable bonds is 3. The van der Waals surface area contributed by atoms with Gasteiger partial charge in [0.2, 0.25) is 5.91 Å². The van der Waals surface area contributed by atoms with Gasteiger partial charge in [-0.2, -0.15) is 0 Å². The molecule has 0 radical (unpaired) electrons. The van der Waals surface area contributed by atoms with Gasteiger partial charge in [-0.1, -0.05) is 11.8 Å². The zero-order chi connectivity index (χ0) is 24.3. The first-order valence-corrected chi connectivity index (χ1v) is 11.5. The van der Waals surface area contributed by atoms with E-state index in [4.69, 9.17) is 9.47 Å². The van der Waals surface area contributed by atoms with E-state index < -0.39 is 48.2 Å². The molecule has 4 atom stereocenters. The number of hydrogen-bond acceptors (Lipinski definition) is 10. The molecule has 2 aliphatic heterocycles. The van der Waals surface area contributed by atoms with Crippen LogP contribution in [0.4, 0.5) is 16.3 Å². The van der Waals surface area contributed by atoms with Crippen molar-refractivity contribution in [2.24, 2.45) is 0 Å². The molecule has 2 aliphatic rings. The van der Waals surface area contributed by atoms with Crippen LogP contribution in [0.1, 0.15) is 33.9 Å². The van der Waals surface area contributed by atoms with Crippen molar-refractivity contribution < 1.29 is 34.4 Å². The Morgan fingerprint density at radius 2 is 2.12 bits per heavy atom. The van der Waals surface area contributed by atoms with Crippen molar-refractivity contribution in [1.82, 2.24) is 14.5 Å². The minimum absolute atomic E-state index is 0.200. The third kappa shape index (κ3) is 4.04. The summed E-state index contributed by atoms with van der Waals surface area (Å²) in [6, 6.07) is 0. The molecular weight excluding hydrogens is 454 g/mol. The predicted octanol–water partition coefficient (Wildman–Crippen LogP) is 0.848. The number of anilines is 2. The van der Waals surface area contributed by atoms with E-state index in [2.05, 4.69) is 15.3 Å². The standard InChI is InChI=1S/C20H27N5O7S/c1-19(2,3)32-18(29)24-7-11(27)21-14-12-9(24)6-25(15(12)23-17(22-14)33-5)16-20(4,30)13(28)10(8-26)31-16/h6,10,13,16,26,28,30H,7-8H2,1-5H3,(H,21,22,23,27)/t10-,13-,16?,20-/m1/s1. The molecule has 0 saturated carbocycles. The highest BCUT2D eigenvalue weighted by Crippen LogP contribution is 2.44. The van der Waals surface area contributed by atoms with Crippen molar-refractivity contribution in [3.05, 3.63) is 6.20 Å². The summed E-state index contributed by atoms with van der Waals surface area (Å²) in [7, 11) is 0. The van der Waals surface area contributed by atoms with Crippen LogP contribution in [-0.4, -0.2) is 84.7 Å². The van der Waals surface area contributed by atoms with Crippen LogP contribution < -0.4 is 10.2 Å². The van der Waals surface area contributed by atoms with Gasteiger partial charge >= 0.3 is 6.09 Å². The van der Waals surface area contributed by atoms with Crippen molar-refractivity contribution in [3.63, 3.8) is 0 Å². The third-order valence-corrected chi connectivity index (χ3v) is 6.01. The molecular formula is C20H27N5O7S. The zero-order valence-corrected chi connectivity index (χ0v) is 19.7. The van der Waals surface area contributed by atoms with Gasteiger partial charge in [0.15, 0.2) is 17.0 Å². The SMILES string of the molecule is CSc1nc2c3c(cn(C4O[C@H](CO)[C@@H](O)[C@@]4(C)O)c3n1)N(C(=O)OC(C)(C)C)CC(=O)N2. The number of amides is 2. The van der Waals surface area contributed by atoms with E-state index in [0.717, 1.165) is 0 Å². The van der Waals surface area contributed by atoms with Gasteiger partial charge in [-0.25, -0.2) is 14.8 Å². The average Bonchev–Trinajstić information content (AvgIpc) is 3.13. The number of thioether (sulfide) groups is 1. The molecule has 1 saturated heterocycles. The number of carbonyl (C=O) groups excluding carboxylic acids is 2. The van der Waals surface area contributed by atoms with Gasteiger partial charge in [-0.3, -0.25) is 9.69 Å². The summed E-state index contributed by atoms with van der Waals surface area (Å²) in [5.74, 6) is -0.262. The summed E-state index contributed by atoms with van der Waals surface area (Å²) in [5.41, 5.74) is -2.04. The third-order valence-electron chi connectivity index (χ3n) is 5.47. The maximum atomic E-state index is 13.0. The van der Waals surface area contributed by atoms with Crippen molar-refractivity contribution in [2.75, 3.05) is 29.6 Å². The number of hydrogen-bond donors (Lipinski definition) is 4. The van der Waals surface area contributed by atoms with Crippen molar-refractivity contribution >= 4 is 46.3 Å². The molecule has 2 amide bonds. The highest BCUT2D eigenvalue weighted by atomic mass is 32.2. The fraction of sp³-hybridized carbons (Fsp3) is 0.600. The summed E-state index contributed by atoms with van der Waals surface area (Å²) < 4.78 is 12.8. The van der Waals surface area contributed by atoms with Gasteiger partial charge in [-0.15, -0.1) is 0 Å². The van der Waals surface area contributed by atoms with E-state index in [-0.39, 0.29) is 23.7 Å². The molecule has 4 heterocycles. The molecule has 0 aliphatic carbocycles. The second kappa shape index (κ2) is 8.09. The molecule has 4 N–H and O–H groups in total. The summed E-state index contributed by atoms with van der Waals surface area (Å²) in [4.78, 5) is 35.7. The summed E-state index contributed by atoms with van der Waals surface area (Å²) in [6.07, 6.45) is -1.02. The Bertz CT molecular complexity index is 1110. The lowest BCUT2D eigenvalue weighted by atomic mass is 9.96. The predicted molar refractivity (Wildman–Crippen MR) is 119 cm³/mol. The van der Waals surface area contributed by atoms with Crippen LogP contribution in [0.3, 0.4) is 0 Å². The monoisotopic (exact) mass is 481 g/mol. The number of aliphatic hydroxyl groups excluding tert-OH is 2. The molecule has 33 heavy (non-hydrogen) atoms. The van der Waals surface area contributed by atoms with Crippen LogP contribution in [0.25, 0.3) is 11.0 Å². The lowest BCUT2D eigenvalue weighted by Crippen LogP contribution is -2.44. The lowest BCUT2D eigenvalue weighted by molar-refractivity contribution is -0.115. The van der Waals surface area contributed by atoms with Gasteiger partial charge < -0.3 is 34.7 Å². The second-order valence-electron chi connectivity index (χ2n) is 9.17. The van der Waals surface area contributed by atoms with Crippen molar-refractivity contribution in [2.45, 2.75) is 62.5 Å². The average molecular weight is 482 g/mol. The van der Waals surface area contributed by atoms with E-state index in [1.165, 1.54) is 34.3 Å². The number of nitrogens with one attached hydrogen (secondary N) is 1. The molecule has 12 nitrogen and oxygen atoms in total. The summed E-state index contributed by atoms with van der Waals surface area (Å²) in [6.45, 7) is 5.70. The number of aliphatic hydroxyl groups is 3. The normalized spacial score (nSPS) is 27.6. The molecule has 13 heteroatoms. The van der Waals surface area contributed by atoms with Crippen molar-refractivity contribution in [3.8, 4) is 0 Å². The minimum atomic E-state index is -1.79. The van der Waals surface area contributed by atoms with Gasteiger partial charge in [0, 0.05) is 6.20 Å². The first kappa shape index (κ1) is 23.7. The Labute approximate surface area is 193 Å². The molecule has 1 unspecified atom stereocenters. The fourth-order valence-corrected chi connectivity index (χ4v) is 4.31. The minimum Gasteiger partial charge on any atom is -0.443 e. The van der Waals surface area contributed by atoms with Crippen LogP contribution in [0.2, 0.25) is 0 Å². The van der Waals surface area contributed by atoms with Gasteiger partial charge in [0.1, 0.15) is 35.8 Å². The molecule has 1 fully saturated rings. The van der Waals surface area contributed by atoms with Crippen LogP contribution in [-0.2, 0) is 14.3 Å². The van der Waals surface area contributed by atoms with E-state index in [1.807, 2.05) is 0 Å². The molecule has 180 valence electrons. The number of aromatic nitrogens is 3. The van der Waals surface area contributed by atoms with E-state index in [1.54, 1.807) is 27.0 Å². The Kier molecular flexibility index (Phi) is 5.81. The van der Waals surface area contributed by atoms with E-state index >= 15 is 0 Å². The van der Waals surface area contributed by atoms with Crippen molar-refractivity contribution in [1.29, 1.82) is 0 Å². The van der Waals surface area contributed by atoms with Crippen LogP contribution in [0.15, 0.2) is 11.4 Å². The zero-order valence-electron chi connectivity index (χ0n) is 18.9. The highest BCUT2D eigenvalue weighted by molar-refractivity contribution is 7.98. The van der Waals surface area contributed by atoms with Crippen LogP contribution >= 0.6 is 11.8 Å². The summed E-state index contributed by atoms with van der Waals surface area (Å²) >= 11 is 1.24. The second-order valence-corrected chi connectivity index (χ2v) is 9.95. The van der Waals surface area contributed by atoms with Gasteiger partial charge in [0.05, 0.1) is 17.7 Å². The lowest BCUT2D eigenvalue weighted by Gasteiger charge is -2.28. The first-order valence-electron chi connectivity index (χ1n) is 10.3. The first-order chi connectivity index (χ1) is 15.4. The molecule has 4 rings (SSSR count). The summed E-state index contributed by atoms with van der Waals surface area (Å²) in [5, 5.41) is 34.5. The Hall–Kier alpha value is -2.45. The van der Waals surface area contributed by atoms with Gasteiger partial charge in [0.25, 0.3) is 0 Å².